The van der Waals surface area contributed by atoms with Gasteiger partial charge in [-0.15, -0.1) is 0 Å². The summed E-state index contributed by atoms with van der Waals surface area (Å²) in [5.41, 5.74) is -0.742. The Morgan fingerprint density at radius 2 is 1.75 bits per heavy atom. The molecule has 0 aliphatic carbocycles. The summed E-state index contributed by atoms with van der Waals surface area (Å²) < 4.78 is 39.5. The molecule has 0 spiro atoms. The van der Waals surface area contributed by atoms with Gasteiger partial charge >= 0.3 is 6.18 Å². The maximum Gasteiger partial charge on any atom is 0.419 e. The Kier molecular flexibility index (Phi) is 3.09. The first-order valence-electron chi connectivity index (χ1n) is 5.14. The Hall–Kier alpha value is -1.00. The molecule has 5 heteroatoms. The minimum atomic E-state index is -4.33. The van der Waals surface area contributed by atoms with E-state index < -0.39 is 11.7 Å². The van der Waals surface area contributed by atoms with Gasteiger partial charge < -0.3 is 0 Å². The van der Waals surface area contributed by atoms with Crippen LogP contribution in [-0.2, 0) is 13.2 Å². The van der Waals surface area contributed by atoms with Crippen molar-refractivity contribution in [3.8, 4) is 0 Å². The summed E-state index contributed by atoms with van der Waals surface area (Å²) in [5.74, 6) is -0.245. The van der Waals surface area contributed by atoms with Crippen molar-refractivity contribution < 1.29 is 13.2 Å². The van der Waals surface area contributed by atoms with E-state index in [1.165, 1.54) is 11.7 Å². The Balaban J connectivity index is 3.24. The van der Waals surface area contributed by atoms with Crippen LogP contribution in [-0.4, -0.2) is 9.78 Å². The highest BCUT2D eigenvalue weighted by Gasteiger charge is 2.39. The quantitative estimate of drug-likeness (QED) is 0.726. The molecule has 0 amide bonds. The molecule has 16 heavy (non-hydrogen) atoms. The van der Waals surface area contributed by atoms with Crippen molar-refractivity contribution in [3.05, 3.63) is 17.5 Å². The Labute approximate surface area is 93.5 Å². The zero-order valence-corrected chi connectivity index (χ0v) is 10.2. The highest BCUT2D eigenvalue weighted by molar-refractivity contribution is 5.25. The third-order valence-electron chi connectivity index (χ3n) is 2.87. The van der Waals surface area contributed by atoms with Crippen LogP contribution in [0.1, 0.15) is 44.9 Å². The van der Waals surface area contributed by atoms with Gasteiger partial charge in [0, 0.05) is 19.2 Å². The number of aryl methyl sites for hydroxylation is 1. The second-order valence-electron chi connectivity index (χ2n) is 5.19. The first-order chi connectivity index (χ1) is 7.03. The summed E-state index contributed by atoms with van der Waals surface area (Å²) in [6.45, 7) is 7.50. The molecule has 1 heterocycles. The lowest BCUT2D eigenvalue weighted by Crippen LogP contribution is -2.19. The predicted molar refractivity (Wildman–Crippen MR) is 56.1 cm³/mol. The molecule has 0 aromatic carbocycles. The number of rotatable bonds is 1. The van der Waals surface area contributed by atoms with Crippen LogP contribution in [0.4, 0.5) is 13.2 Å². The highest BCUT2D eigenvalue weighted by atomic mass is 19.4. The van der Waals surface area contributed by atoms with Gasteiger partial charge in [0.05, 0.1) is 11.3 Å². The second-order valence-corrected chi connectivity index (χ2v) is 5.19. The minimum Gasteiger partial charge on any atom is -0.275 e. The van der Waals surface area contributed by atoms with Crippen LogP contribution in [0.3, 0.4) is 0 Å². The Morgan fingerprint density at radius 1 is 1.25 bits per heavy atom. The summed E-state index contributed by atoms with van der Waals surface area (Å²) in [6.07, 6.45) is -3.29. The fourth-order valence-corrected chi connectivity index (χ4v) is 1.45. The molecule has 0 radical (unpaired) electrons. The minimum absolute atomic E-state index is 0.127. The van der Waals surface area contributed by atoms with Crippen LogP contribution in [0, 0.1) is 5.41 Å². The van der Waals surface area contributed by atoms with Gasteiger partial charge in [0.1, 0.15) is 0 Å². The molecule has 1 aromatic heterocycles. The smallest absolute Gasteiger partial charge is 0.275 e. The highest BCUT2D eigenvalue weighted by Crippen LogP contribution is 2.40. The topological polar surface area (TPSA) is 17.8 Å². The lowest BCUT2D eigenvalue weighted by molar-refractivity contribution is -0.138. The number of halogens is 3. The van der Waals surface area contributed by atoms with Gasteiger partial charge in [0.2, 0.25) is 0 Å². The van der Waals surface area contributed by atoms with Crippen molar-refractivity contribution in [1.82, 2.24) is 9.78 Å². The molecule has 1 atom stereocenters. The lowest BCUT2D eigenvalue weighted by atomic mass is 9.79. The third-order valence-corrected chi connectivity index (χ3v) is 2.87. The Morgan fingerprint density at radius 3 is 2.12 bits per heavy atom. The first kappa shape index (κ1) is 13.1. The normalized spacial score (nSPS) is 15.2. The van der Waals surface area contributed by atoms with Crippen LogP contribution >= 0.6 is 0 Å². The summed E-state index contributed by atoms with van der Waals surface area (Å²) in [4.78, 5) is 0. The zero-order valence-electron chi connectivity index (χ0n) is 10.2. The van der Waals surface area contributed by atoms with E-state index in [1.807, 2.05) is 20.8 Å². The second kappa shape index (κ2) is 3.79. The van der Waals surface area contributed by atoms with E-state index in [0.717, 1.165) is 6.20 Å². The third kappa shape index (κ3) is 2.57. The molecule has 1 unspecified atom stereocenters. The van der Waals surface area contributed by atoms with E-state index in [-0.39, 0.29) is 17.0 Å². The predicted octanol–water partition coefficient (Wildman–Crippen LogP) is 3.59. The number of aromatic nitrogens is 2. The van der Waals surface area contributed by atoms with E-state index in [1.54, 1.807) is 6.92 Å². The Bertz CT molecular complexity index is 372. The van der Waals surface area contributed by atoms with E-state index in [0.29, 0.717) is 0 Å². The molecule has 0 aliphatic rings. The maximum atomic E-state index is 12.8. The van der Waals surface area contributed by atoms with Crippen LogP contribution in [0.25, 0.3) is 0 Å². The van der Waals surface area contributed by atoms with E-state index in [4.69, 9.17) is 0 Å². The standard InChI is InChI=1S/C11H17F3N2/c1-7(10(2,3)4)9-8(11(12,13)14)6-16(5)15-9/h6-7H,1-5H3. The van der Waals surface area contributed by atoms with Crippen molar-refractivity contribution in [2.75, 3.05) is 0 Å². The van der Waals surface area contributed by atoms with Gasteiger partial charge in [-0.05, 0) is 5.41 Å². The van der Waals surface area contributed by atoms with Gasteiger partial charge in [-0.2, -0.15) is 18.3 Å². The monoisotopic (exact) mass is 234 g/mol. The molecule has 0 bridgehead atoms. The van der Waals surface area contributed by atoms with Crippen LogP contribution in [0.15, 0.2) is 6.20 Å². The van der Waals surface area contributed by atoms with Crippen molar-refractivity contribution >= 4 is 0 Å². The van der Waals surface area contributed by atoms with Crippen LogP contribution in [0.5, 0.6) is 0 Å². The van der Waals surface area contributed by atoms with Crippen molar-refractivity contribution in [2.24, 2.45) is 12.5 Å². The fraction of sp³-hybridized carbons (Fsp3) is 0.727. The number of hydrogen-bond donors (Lipinski definition) is 0. The molecule has 0 fully saturated rings. The summed E-state index contributed by atoms with van der Waals surface area (Å²) in [6, 6.07) is 0. The van der Waals surface area contributed by atoms with Crippen molar-refractivity contribution in [1.29, 1.82) is 0 Å². The van der Waals surface area contributed by atoms with E-state index in [9.17, 15) is 13.2 Å². The van der Waals surface area contributed by atoms with Gasteiger partial charge in [0.15, 0.2) is 0 Å². The van der Waals surface area contributed by atoms with Crippen LogP contribution < -0.4 is 0 Å². The molecule has 0 aliphatic heterocycles. The van der Waals surface area contributed by atoms with Crippen LogP contribution in [0.2, 0.25) is 0 Å². The zero-order chi connectivity index (χ0) is 12.7. The van der Waals surface area contributed by atoms with Crippen molar-refractivity contribution in [2.45, 2.75) is 39.8 Å². The molecule has 0 N–H and O–H groups in total. The molecule has 1 aromatic rings. The molecule has 0 saturated carbocycles. The van der Waals surface area contributed by atoms with Gasteiger partial charge in [-0.25, -0.2) is 0 Å². The molecule has 2 nitrogen and oxygen atoms in total. The van der Waals surface area contributed by atoms with Crippen molar-refractivity contribution in [3.63, 3.8) is 0 Å². The molecular weight excluding hydrogens is 217 g/mol. The lowest BCUT2D eigenvalue weighted by Gasteiger charge is -2.26. The number of hydrogen-bond acceptors (Lipinski definition) is 1. The molecular formula is C11H17F3N2. The SMILES string of the molecule is CC(c1nn(C)cc1C(F)(F)F)C(C)(C)C. The number of nitrogens with zero attached hydrogens (tertiary/aromatic N) is 2. The maximum absolute atomic E-state index is 12.8. The summed E-state index contributed by atoms with van der Waals surface area (Å²) in [5, 5.41) is 3.94. The van der Waals surface area contributed by atoms with Gasteiger partial charge in [-0.3, -0.25) is 4.68 Å². The molecule has 1 rings (SSSR count). The largest absolute Gasteiger partial charge is 0.419 e. The fourth-order valence-electron chi connectivity index (χ4n) is 1.45. The number of alkyl halides is 3. The summed E-state index contributed by atoms with van der Waals surface area (Å²) >= 11 is 0. The first-order valence-corrected chi connectivity index (χ1v) is 5.14. The molecule has 0 saturated heterocycles. The van der Waals surface area contributed by atoms with Gasteiger partial charge in [-0.1, -0.05) is 27.7 Å². The average molecular weight is 234 g/mol. The van der Waals surface area contributed by atoms with E-state index in [2.05, 4.69) is 5.10 Å². The summed E-state index contributed by atoms with van der Waals surface area (Å²) in [7, 11) is 1.51. The van der Waals surface area contributed by atoms with E-state index >= 15 is 0 Å². The molecule has 92 valence electrons. The van der Waals surface area contributed by atoms with Gasteiger partial charge in [0.25, 0.3) is 0 Å². The average Bonchev–Trinajstić information content (AvgIpc) is 2.43.